The Morgan fingerprint density at radius 2 is 2.33 bits per heavy atom. The lowest BCUT2D eigenvalue weighted by atomic mass is 10.2. The van der Waals surface area contributed by atoms with E-state index in [4.69, 9.17) is 18.0 Å². The fourth-order valence-electron chi connectivity index (χ4n) is 1.13. The van der Waals surface area contributed by atoms with Crippen LogP contribution in [0.1, 0.15) is 17.4 Å². The molecule has 0 radical (unpaired) electrons. The van der Waals surface area contributed by atoms with Gasteiger partial charge in [-0.1, -0.05) is 12.2 Å². The van der Waals surface area contributed by atoms with Gasteiger partial charge in [-0.3, -0.25) is 9.48 Å². The van der Waals surface area contributed by atoms with Crippen molar-refractivity contribution in [1.82, 2.24) is 14.7 Å². The van der Waals surface area contributed by atoms with Gasteiger partial charge in [-0.2, -0.15) is 5.10 Å². The first kappa shape index (κ1) is 11.6. The first-order valence-electron chi connectivity index (χ1n) is 4.49. The van der Waals surface area contributed by atoms with E-state index in [-0.39, 0.29) is 11.9 Å². The molecule has 82 valence electrons. The molecule has 0 aliphatic carbocycles. The van der Waals surface area contributed by atoms with Crippen LogP contribution in [0.3, 0.4) is 0 Å². The quantitative estimate of drug-likeness (QED) is 0.746. The van der Waals surface area contributed by atoms with Gasteiger partial charge in [0.25, 0.3) is 5.91 Å². The minimum atomic E-state index is -0.262. The van der Waals surface area contributed by atoms with Crippen molar-refractivity contribution in [3.05, 3.63) is 18.0 Å². The van der Waals surface area contributed by atoms with E-state index >= 15 is 0 Å². The summed E-state index contributed by atoms with van der Waals surface area (Å²) >= 11 is 4.84. The van der Waals surface area contributed by atoms with E-state index in [0.717, 1.165) is 0 Å². The van der Waals surface area contributed by atoms with Crippen LogP contribution >= 0.6 is 12.2 Å². The standard InChI is InChI=1S/C9H14N4OS/c1-6(8(10)15)12(2)9(14)7-4-5-11-13(7)3/h4-6H,1-3H3,(H2,10,15). The van der Waals surface area contributed by atoms with Gasteiger partial charge >= 0.3 is 0 Å². The number of nitrogens with zero attached hydrogens (tertiary/aromatic N) is 3. The van der Waals surface area contributed by atoms with E-state index in [1.165, 1.54) is 9.58 Å². The first-order chi connectivity index (χ1) is 6.95. The molecule has 1 unspecified atom stereocenters. The second kappa shape index (κ2) is 4.39. The molecule has 0 aliphatic heterocycles. The number of aromatic nitrogens is 2. The summed E-state index contributed by atoms with van der Waals surface area (Å²) in [6.45, 7) is 1.79. The van der Waals surface area contributed by atoms with Crippen molar-refractivity contribution in [2.75, 3.05) is 7.05 Å². The van der Waals surface area contributed by atoms with E-state index in [9.17, 15) is 4.79 Å². The fourth-order valence-corrected chi connectivity index (χ4v) is 1.29. The topological polar surface area (TPSA) is 64.2 Å². The molecule has 1 heterocycles. The lowest BCUT2D eigenvalue weighted by Gasteiger charge is -2.23. The Balaban J connectivity index is 2.86. The maximum atomic E-state index is 11.9. The molecular formula is C9H14N4OS. The summed E-state index contributed by atoms with van der Waals surface area (Å²) in [5.74, 6) is -0.143. The smallest absolute Gasteiger partial charge is 0.272 e. The Hall–Kier alpha value is -1.43. The van der Waals surface area contributed by atoms with Crippen molar-refractivity contribution >= 4 is 23.1 Å². The number of likely N-dealkylation sites (N-methyl/N-ethyl adjacent to an activating group) is 1. The maximum absolute atomic E-state index is 11.9. The molecule has 1 rings (SSSR count). The molecule has 15 heavy (non-hydrogen) atoms. The van der Waals surface area contributed by atoms with Crippen molar-refractivity contribution in [1.29, 1.82) is 0 Å². The largest absolute Gasteiger partial charge is 0.392 e. The summed E-state index contributed by atoms with van der Waals surface area (Å²) in [4.78, 5) is 13.7. The molecule has 0 spiro atoms. The molecule has 0 saturated carbocycles. The number of nitrogens with two attached hydrogens (primary N) is 1. The second-order valence-corrected chi connectivity index (χ2v) is 3.81. The van der Waals surface area contributed by atoms with Crippen LogP contribution in [-0.2, 0) is 7.05 Å². The van der Waals surface area contributed by atoms with E-state index in [1.54, 1.807) is 33.3 Å². The van der Waals surface area contributed by atoms with Crippen molar-refractivity contribution < 1.29 is 4.79 Å². The zero-order valence-electron chi connectivity index (χ0n) is 8.97. The van der Waals surface area contributed by atoms with Crippen molar-refractivity contribution in [2.24, 2.45) is 12.8 Å². The van der Waals surface area contributed by atoms with Crippen LogP contribution in [-0.4, -0.2) is 38.7 Å². The Labute approximate surface area is 93.8 Å². The highest BCUT2D eigenvalue weighted by Crippen LogP contribution is 2.05. The van der Waals surface area contributed by atoms with Crippen LogP contribution in [0, 0.1) is 0 Å². The van der Waals surface area contributed by atoms with Gasteiger partial charge in [0.2, 0.25) is 0 Å². The van der Waals surface area contributed by atoms with E-state index in [2.05, 4.69) is 5.10 Å². The monoisotopic (exact) mass is 226 g/mol. The number of hydrogen-bond donors (Lipinski definition) is 1. The third kappa shape index (κ3) is 2.33. The van der Waals surface area contributed by atoms with Crippen LogP contribution < -0.4 is 5.73 Å². The van der Waals surface area contributed by atoms with Gasteiger partial charge in [-0.05, 0) is 13.0 Å². The van der Waals surface area contributed by atoms with Crippen LogP contribution in [0.15, 0.2) is 12.3 Å². The molecule has 1 aromatic rings. The average Bonchev–Trinajstić information content (AvgIpc) is 2.60. The molecule has 0 bridgehead atoms. The lowest BCUT2D eigenvalue weighted by molar-refractivity contribution is 0.0768. The van der Waals surface area contributed by atoms with E-state index < -0.39 is 0 Å². The van der Waals surface area contributed by atoms with Gasteiger partial charge in [-0.15, -0.1) is 0 Å². The highest BCUT2D eigenvalue weighted by atomic mass is 32.1. The maximum Gasteiger partial charge on any atom is 0.272 e. The van der Waals surface area contributed by atoms with E-state index in [1.807, 2.05) is 0 Å². The van der Waals surface area contributed by atoms with Gasteiger partial charge in [0.15, 0.2) is 0 Å². The molecule has 2 N–H and O–H groups in total. The van der Waals surface area contributed by atoms with Crippen LogP contribution in [0.2, 0.25) is 0 Å². The molecule has 6 heteroatoms. The van der Waals surface area contributed by atoms with Gasteiger partial charge in [-0.25, -0.2) is 0 Å². The number of carbonyl (C=O) groups excluding carboxylic acids is 1. The summed E-state index contributed by atoms with van der Waals surface area (Å²) in [5, 5.41) is 3.93. The van der Waals surface area contributed by atoms with E-state index in [0.29, 0.717) is 10.7 Å². The summed E-state index contributed by atoms with van der Waals surface area (Å²) < 4.78 is 1.52. The molecule has 0 aromatic carbocycles. The molecule has 1 atom stereocenters. The normalized spacial score (nSPS) is 12.2. The van der Waals surface area contributed by atoms with Crippen LogP contribution in [0.4, 0.5) is 0 Å². The second-order valence-electron chi connectivity index (χ2n) is 3.33. The molecule has 1 amide bonds. The minimum Gasteiger partial charge on any atom is -0.392 e. The zero-order chi connectivity index (χ0) is 11.6. The number of rotatable bonds is 3. The van der Waals surface area contributed by atoms with Crippen molar-refractivity contribution in [2.45, 2.75) is 13.0 Å². The predicted octanol–water partition coefficient (Wildman–Crippen LogP) is 0.167. The van der Waals surface area contributed by atoms with Crippen LogP contribution in [0.5, 0.6) is 0 Å². The molecule has 1 aromatic heterocycles. The first-order valence-corrected chi connectivity index (χ1v) is 4.90. The number of thiocarbonyl (C=S) groups is 1. The van der Waals surface area contributed by atoms with Crippen molar-refractivity contribution in [3.8, 4) is 0 Å². The highest BCUT2D eigenvalue weighted by Gasteiger charge is 2.21. The molecular weight excluding hydrogens is 212 g/mol. The van der Waals surface area contributed by atoms with Crippen LogP contribution in [0.25, 0.3) is 0 Å². The Morgan fingerprint density at radius 3 is 2.73 bits per heavy atom. The molecule has 0 aliphatic rings. The third-order valence-corrected chi connectivity index (χ3v) is 2.69. The highest BCUT2D eigenvalue weighted by molar-refractivity contribution is 7.80. The molecule has 0 saturated heterocycles. The summed E-state index contributed by atoms with van der Waals surface area (Å²) in [6.07, 6.45) is 1.58. The molecule has 5 nitrogen and oxygen atoms in total. The Morgan fingerprint density at radius 1 is 1.73 bits per heavy atom. The number of carbonyl (C=O) groups is 1. The summed E-state index contributed by atoms with van der Waals surface area (Å²) in [6, 6.07) is 1.40. The third-order valence-electron chi connectivity index (χ3n) is 2.35. The van der Waals surface area contributed by atoms with Gasteiger partial charge < -0.3 is 10.6 Å². The summed E-state index contributed by atoms with van der Waals surface area (Å²) in [5.41, 5.74) is 6.00. The fraction of sp³-hybridized carbons (Fsp3) is 0.444. The minimum absolute atomic E-state index is 0.143. The average molecular weight is 226 g/mol. The number of amides is 1. The predicted molar refractivity (Wildman–Crippen MR) is 61.5 cm³/mol. The summed E-state index contributed by atoms with van der Waals surface area (Å²) in [7, 11) is 3.38. The SMILES string of the molecule is CC(C(N)=S)N(C)C(=O)c1ccnn1C. The molecule has 0 fully saturated rings. The van der Waals surface area contributed by atoms with Gasteiger partial charge in [0.1, 0.15) is 5.69 Å². The number of hydrogen-bond acceptors (Lipinski definition) is 3. The lowest BCUT2D eigenvalue weighted by Crippen LogP contribution is -2.43. The van der Waals surface area contributed by atoms with Gasteiger partial charge in [0.05, 0.1) is 11.0 Å². The van der Waals surface area contributed by atoms with Crippen molar-refractivity contribution in [3.63, 3.8) is 0 Å². The number of aryl methyl sites for hydroxylation is 1. The Kier molecular flexibility index (Phi) is 3.41. The zero-order valence-corrected chi connectivity index (χ0v) is 9.78. The van der Waals surface area contributed by atoms with Gasteiger partial charge in [0, 0.05) is 20.3 Å². The Bertz CT molecular complexity index is 387.